The lowest BCUT2D eigenvalue weighted by Crippen LogP contribution is -2.35. The molecule has 4 rings (SSSR count). The number of aromatic amines is 1. The number of likely N-dealkylation sites (tertiary alicyclic amines) is 1. The van der Waals surface area contributed by atoms with Gasteiger partial charge in [-0.15, -0.1) is 0 Å². The molecule has 0 spiro atoms. The number of rotatable bonds is 6. The van der Waals surface area contributed by atoms with E-state index in [1.54, 1.807) is 6.07 Å². The first-order valence-electron chi connectivity index (χ1n) is 12.0. The summed E-state index contributed by atoms with van der Waals surface area (Å²) in [7, 11) is 2.13. The molecule has 0 bridgehead atoms. The molecule has 10 heteroatoms. The highest BCUT2D eigenvalue weighted by Crippen LogP contribution is 2.30. The average Bonchev–Trinajstić information content (AvgIpc) is 3.29. The highest BCUT2D eigenvalue weighted by molar-refractivity contribution is 6.27. The molecule has 1 aromatic heterocycles. The van der Waals surface area contributed by atoms with Gasteiger partial charge in [0, 0.05) is 31.1 Å². The monoisotopic (exact) mass is 510 g/mol. The van der Waals surface area contributed by atoms with E-state index in [1.807, 2.05) is 18.2 Å². The number of imidazole rings is 1. The molecule has 9 nitrogen and oxygen atoms in total. The van der Waals surface area contributed by atoms with Crippen molar-refractivity contribution >= 4 is 23.0 Å². The molecule has 196 valence electrons. The number of H-pyrrole nitrogens is 1. The number of hydrogen-bond donors (Lipinski definition) is 4. The van der Waals surface area contributed by atoms with E-state index in [2.05, 4.69) is 39.8 Å². The van der Waals surface area contributed by atoms with Crippen molar-refractivity contribution in [2.75, 3.05) is 26.7 Å². The van der Waals surface area contributed by atoms with E-state index in [0.29, 0.717) is 17.9 Å². The van der Waals surface area contributed by atoms with Gasteiger partial charge in [0.15, 0.2) is 0 Å². The van der Waals surface area contributed by atoms with Crippen LogP contribution in [0, 0.1) is 17.7 Å². The number of piperidine rings is 1. The van der Waals surface area contributed by atoms with E-state index in [0.717, 1.165) is 55.4 Å². The van der Waals surface area contributed by atoms with Gasteiger partial charge >= 0.3 is 11.9 Å². The summed E-state index contributed by atoms with van der Waals surface area (Å²) < 4.78 is 20.3. The van der Waals surface area contributed by atoms with Crippen LogP contribution in [0.25, 0.3) is 11.0 Å². The van der Waals surface area contributed by atoms with Crippen LogP contribution in [0.1, 0.15) is 48.7 Å². The van der Waals surface area contributed by atoms with Gasteiger partial charge in [0.1, 0.15) is 17.7 Å². The summed E-state index contributed by atoms with van der Waals surface area (Å²) in [6.07, 6.45) is 3.40. The first-order chi connectivity index (χ1) is 17.8. The quantitative estimate of drug-likeness (QED) is 0.225. The Kier molecular flexibility index (Phi) is 10.1. The maximum Gasteiger partial charge on any atom is 0.414 e. The summed E-state index contributed by atoms with van der Waals surface area (Å²) >= 11 is 0. The van der Waals surface area contributed by atoms with Gasteiger partial charge in [0.25, 0.3) is 0 Å². The van der Waals surface area contributed by atoms with Gasteiger partial charge in [-0.05, 0) is 62.7 Å². The lowest BCUT2D eigenvalue weighted by molar-refractivity contribution is -0.159. The van der Waals surface area contributed by atoms with Crippen molar-refractivity contribution in [3.63, 3.8) is 0 Å². The molecule has 3 aromatic rings. The number of nitrogens with two attached hydrogens (primary N) is 1. The van der Waals surface area contributed by atoms with E-state index in [4.69, 9.17) is 30.3 Å². The molecular weight excluding hydrogens is 479 g/mol. The smallest absolute Gasteiger partial charge is 0.414 e. The zero-order valence-electron chi connectivity index (χ0n) is 20.6. The summed E-state index contributed by atoms with van der Waals surface area (Å²) in [5, 5.41) is 14.8. The maximum absolute atomic E-state index is 13.7. The van der Waals surface area contributed by atoms with Gasteiger partial charge in [0.05, 0.1) is 17.1 Å². The minimum Gasteiger partial charge on any atom is -0.473 e. The molecule has 5 N–H and O–H groups in total. The average molecular weight is 511 g/mol. The van der Waals surface area contributed by atoms with Crippen LogP contribution in [-0.4, -0.2) is 69.8 Å². The first kappa shape index (κ1) is 27.8. The van der Waals surface area contributed by atoms with Gasteiger partial charge in [-0.2, -0.15) is 0 Å². The van der Waals surface area contributed by atoms with Crippen LogP contribution in [0.15, 0.2) is 42.5 Å². The highest BCUT2D eigenvalue weighted by Gasteiger charge is 2.26. The molecule has 37 heavy (non-hydrogen) atoms. The minimum absolute atomic E-state index is 0.144. The molecule has 1 saturated heterocycles. The summed E-state index contributed by atoms with van der Waals surface area (Å²) in [6, 6.07) is 12.7. The van der Waals surface area contributed by atoms with Crippen molar-refractivity contribution in [2.45, 2.75) is 37.9 Å². The number of unbranched alkanes of at least 4 members (excludes halogenated alkanes) is 1. The van der Waals surface area contributed by atoms with Crippen molar-refractivity contribution in [1.82, 2.24) is 14.9 Å². The lowest BCUT2D eigenvalue weighted by Gasteiger charge is -2.31. The van der Waals surface area contributed by atoms with Crippen molar-refractivity contribution in [1.29, 1.82) is 0 Å². The number of benzene rings is 2. The molecule has 1 fully saturated rings. The molecule has 0 aliphatic carbocycles. The first-order valence-corrected chi connectivity index (χ1v) is 12.0. The number of nitrogens with one attached hydrogen (secondary N) is 1. The van der Waals surface area contributed by atoms with Crippen LogP contribution < -0.4 is 5.73 Å². The van der Waals surface area contributed by atoms with Crippen molar-refractivity contribution in [3.8, 4) is 11.8 Å². The fourth-order valence-electron chi connectivity index (χ4n) is 3.87. The number of aliphatic carboxylic acids is 2. The van der Waals surface area contributed by atoms with Crippen LogP contribution in [0.5, 0.6) is 0 Å². The summed E-state index contributed by atoms with van der Waals surface area (Å²) in [5.41, 5.74) is 8.88. The predicted molar refractivity (Wildman–Crippen MR) is 136 cm³/mol. The van der Waals surface area contributed by atoms with E-state index in [-0.39, 0.29) is 18.0 Å². The molecule has 1 aliphatic heterocycles. The number of fused-ring (bicyclic) bond motifs is 1. The van der Waals surface area contributed by atoms with Crippen molar-refractivity contribution in [2.24, 2.45) is 5.73 Å². The molecule has 2 aromatic carbocycles. The Bertz CT molecular complexity index is 1260. The number of hydrogen-bond acceptors (Lipinski definition) is 6. The van der Waals surface area contributed by atoms with Crippen molar-refractivity contribution in [3.05, 3.63) is 65.2 Å². The molecule has 1 aliphatic rings. The Labute approximate surface area is 214 Å². The Hall–Kier alpha value is -3.78. The van der Waals surface area contributed by atoms with Gasteiger partial charge in [0.2, 0.25) is 0 Å². The SMILES string of the molecule is CN1CCC(OC(c2cccc(C#CCCCN)c2)c2nc3cc(F)ccc3[nH]2)CC1.O=C(O)C(=O)O. The molecule has 1 unspecified atom stereocenters. The van der Waals surface area contributed by atoms with Gasteiger partial charge in [-0.3, -0.25) is 0 Å². The zero-order chi connectivity index (χ0) is 26.8. The summed E-state index contributed by atoms with van der Waals surface area (Å²) in [4.78, 5) is 28.5. The largest absolute Gasteiger partial charge is 0.473 e. The zero-order valence-corrected chi connectivity index (χ0v) is 20.6. The molecule has 0 amide bonds. The molecular formula is C27H31FN4O5. The third-order valence-electron chi connectivity index (χ3n) is 5.82. The number of ether oxygens (including phenoxy) is 1. The molecule has 0 saturated carbocycles. The summed E-state index contributed by atoms with van der Waals surface area (Å²) in [6.45, 7) is 2.67. The van der Waals surface area contributed by atoms with E-state index in [9.17, 15) is 4.39 Å². The third kappa shape index (κ3) is 8.39. The van der Waals surface area contributed by atoms with Gasteiger partial charge < -0.3 is 30.6 Å². The second-order valence-electron chi connectivity index (χ2n) is 8.73. The second-order valence-corrected chi connectivity index (χ2v) is 8.73. The fourth-order valence-corrected chi connectivity index (χ4v) is 3.87. The molecule has 2 heterocycles. The standard InChI is InChI=1S/C25H29FN4O.C2H2O4/c1-30-14-11-21(12-15-30)31-24(25-28-22-10-9-20(26)17-23(22)29-25)19-8-5-7-18(16-19)6-3-2-4-13-27;3-1(4)2(5)6/h5,7-10,16-17,21,24H,2,4,11-15,27H2,1H3,(H,28,29);(H,3,4)(H,5,6). The lowest BCUT2D eigenvalue weighted by atomic mass is 10.0. The van der Waals surface area contributed by atoms with Gasteiger partial charge in [-0.1, -0.05) is 24.0 Å². The third-order valence-corrected chi connectivity index (χ3v) is 5.82. The van der Waals surface area contributed by atoms with Crippen LogP contribution in [-0.2, 0) is 14.3 Å². The fraction of sp³-hybridized carbons (Fsp3) is 0.370. The number of carboxylic acid groups (broad SMARTS) is 2. The molecule has 1 atom stereocenters. The van der Waals surface area contributed by atoms with Crippen LogP contribution in [0.3, 0.4) is 0 Å². The Morgan fingerprint density at radius 3 is 2.62 bits per heavy atom. The Balaban J connectivity index is 0.000000568. The van der Waals surface area contributed by atoms with Crippen LogP contribution in [0.4, 0.5) is 4.39 Å². The number of aromatic nitrogens is 2. The van der Waals surface area contributed by atoms with E-state index in [1.165, 1.54) is 12.1 Å². The predicted octanol–water partition coefficient (Wildman–Crippen LogP) is 3.15. The van der Waals surface area contributed by atoms with Crippen LogP contribution >= 0.6 is 0 Å². The van der Waals surface area contributed by atoms with E-state index < -0.39 is 11.9 Å². The number of carboxylic acids is 2. The summed E-state index contributed by atoms with van der Waals surface area (Å²) in [5.74, 6) is 3.14. The Morgan fingerprint density at radius 1 is 1.22 bits per heavy atom. The maximum atomic E-state index is 13.7. The number of carbonyl (C=O) groups is 2. The topological polar surface area (TPSA) is 142 Å². The Morgan fingerprint density at radius 2 is 1.95 bits per heavy atom. The van der Waals surface area contributed by atoms with Crippen LogP contribution in [0.2, 0.25) is 0 Å². The highest BCUT2D eigenvalue weighted by atomic mass is 19.1. The van der Waals surface area contributed by atoms with Crippen molar-refractivity contribution < 1.29 is 28.9 Å². The second kappa shape index (κ2) is 13.5. The number of nitrogens with zero attached hydrogens (tertiary/aromatic N) is 2. The minimum atomic E-state index is -1.82. The van der Waals surface area contributed by atoms with E-state index >= 15 is 0 Å². The van der Waals surface area contributed by atoms with Gasteiger partial charge in [-0.25, -0.2) is 19.0 Å². The molecule has 0 radical (unpaired) electrons. The normalized spacial score (nSPS) is 14.8. The number of halogens is 1.